The summed E-state index contributed by atoms with van der Waals surface area (Å²) in [5, 5.41) is 10.2. The lowest BCUT2D eigenvalue weighted by Crippen LogP contribution is -2.46. The van der Waals surface area contributed by atoms with Gasteiger partial charge in [0.05, 0.1) is 18.3 Å². The first-order valence-electron chi connectivity index (χ1n) is 6.45. The molecule has 16 heavy (non-hydrogen) atoms. The number of hydrogen-bond donors (Lipinski definition) is 1. The minimum Gasteiger partial charge on any atom is -0.388 e. The zero-order valence-corrected chi connectivity index (χ0v) is 10.9. The predicted octanol–water partition coefficient (Wildman–Crippen LogP) is 2.51. The molecule has 0 bridgehead atoms. The van der Waals surface area contributed by atoms with Gasteiger partial charge in [-0.2, -0.15) is 0 Å². The SMILES string of the molecule is COC1(C(O)COC(C)C)CCCCCC1. The van der Waals surface area contributed by atoms with Crippen LogP contribution in [0, 0.1) is 0 Å². The van der Waals surface area contributed by atoms with Gasteiger partial charge in [0.2, 0.25) is 0 Å². The van der Waals surface area contributed by atoms with Gasteiger partial charge in [0, 0.05) is 7.11 Å². The lowest BCUT2D eigenvalue weighted by atomic mass is 9.88. The van der Waals surface area contributed by atoms with Crippen molar-refractivity contribution < 1.29 is 14.6 Å². The number of methoxy groups -OCH3 is 1. The molecule has 0 amide bonds. The zero-order valence-electron chi connectivity index (χ0n) is 10.9. The maximum atomic E-state index is 10.2. The van der Waals surface area contributed by atoms with Gasteiger partial charge in [-0.3, -0.25) is 0 Å². The van der Waals surface area contributed by atoms with Gasteiger partial charge in [0.25, 0.3) is 0 Å². The van der Waals surface area contributed by atoms with E-state index in [2.05, 4.69) is 0 Å². The topological polar surface area (TPSA) is 38.7 Å². The molecule has 0 spiro atoms. The minimum atomic E-state index is -0.502. The fourth-order valence-corrected chi connectivity index (χ4v) is 2.44. The van der Waals surface area contributed by atoms with Gasteiger partial charge >= 0.3 is 0 Å². The normalized spacial score (nSPS) is 23.1. The molecule has 0 saturated heterocycles. The van der Waals surface area contributed by atoms with Crippen molar-refractivity contribution in [3.05, 3.63) is 0 Å². The Hall–Kier alpha value is -0.120. The van der Waals surface area contributed by atoms with Crippen molar-refractivity contribution in [1.82, 2.24) is 0 Å². The first-order chi connectivity index (χ1) is 7.60. The molecule has 1 fully saturated rings. The van der Waals surface area contributed by atoms with Crippen LogP contribution in [0.4, 0.5) is 0 Å². The Kier molecular flexibility index (Phi) is 5.73. The molecule has 3 nitrogen and oxygen atoms in total. The van der Waals surface area contributed by atoms with E-state index in [0.29, 0.717) is 6.61 Å². The average molecular weight is 230 g/mol. The Morgan fingerprint density at radius 3 is 2.12 bits per heavy atom. The van der Waals surface area contributed by atoms with Crippen LogP contribution in [0.1, 0.15) is 52.4 Å². The van der Waals surface area contributed by atoms with Crippen molar-refractivity contribution in [3.8, 4) is 0 Å². The van der Waals surface area contributed by atoms with Crippen molar-refractivity contribution >= 4 is 0 Å². The molecule has 0 aromatic heterocycles. The fraction of sp³-hybridized carbons (Fsp3) is 1.00. The van der Waals surface area contributed by atoms with Gasteiger partial charge < -0.3 is 14.6 Å². The lowest BCUT2D eigenvalue weighted by Gasteiger charge is -2.36. The molecule has 0 heterocycles. The standard InChI is InChI=1S/C13H26O3/c1-11(2)16-10-12(14)13(15-3)8-6-4-5-7-9-13/h11-12,14H,4-10H2,1-3H3. The van der Waals surface area contributed by atoms with E-state index >= 15 is 0 Å². The van der Waals surface area contributed by atoms with E-state index in [1.54, 1.807) is 7.11 Å². The van der Waals surface area contributed by atoms with Crippen LogP contribution in [0.5, 0.6) is 0 Å². The van der Waals surface area contributed by atoms with Crippen LogP contribution in [-0.4, -0.2) is 36.6 Å². The molecule has 1 atom stereocenters. The summed E-state index contributed by atoms with van der Waals surface area (Å²) in [6.45, 7) is 4.35. The number of aliphatic hydroxyl groups is 1. The van der Waals surface area contributed by atoms with E-state index in [-0.39, 0.29) is 11.7 Å². The molecule has 0 aromatic carbocycles. The average Bonchev–Trinajstić information content (AvgIpc) is 2.51. The predicted molar refractivity (Wildman–Crippen MR) is 64.5 cm³/mol. The second kappa shape index (κ2) is 6.58. The third-order valence-electron chi connectivity index (χ3n) is 3.55. The molecule has 3 heteroatoms. The Bertz CT molecular complexity index is 184. The molecule has 1 aliphatic rings. The zero-order chi connectivity index (χ0) is 12.0. The Morgan fingerprint density at radius 1 is 1.12 bits per heavy atom. The van der Waals surface area contributed by atoms with Crippen LogP contribution in [0.15, 0.2) is 0 Å². The minimum absolute atomic E-state index is 0.161. The molecular formula is C13H26O3. The van der Waals surface area contributed by atoms with Gasteiger partial charge in [-0.25, -0.2) is 0 Å². The maximum Gasteiger partial charge on any atom is 0.106 e. The second-order valence-corrected chi connectivity index (χ2v) is 5.08. The van der Waals surface area contributed by atoms with Crippen LogP contribution >= 0.6 is 0 Å². The summed E-state index contributed by atoms with van der Waals surface area (Å²) in [5.74, 6) is 0. The number of hydrogen-bond acceptors (Lipinski definition) is 3. The highest BCUT2D eigenvalue weighted by Crippen LogP contribution is 2.33. The maximum absolute atomic E-state index is 10.2. The van der Waals surface area contributed by atoms with Crippen LogP contribution in [-0.2, 0) is 9.47 Å². The van der Waals surface area contributed by atoms with Crippen molar-refractivity contribution in [2.45, 2.75) is 70.2 Å². The largest absolute Gasteiger partial charge is 0.388 e. The first-order valence-corrected chi connectivity index (χ1v) is 6.45. The van der Waals surface area contributed by atoms with Crippen LogP contribution in [0.25, 0.3) is 0 Å². The summed E-state index contributed by atoms with van der Waals surface area (Å²) in [4.78, 5) is 0. The Balaban J connectivity index is 2.54. The summed E-state index contributed by atoms with van der Waals surface area (Å²) in [6, 6.07) is 0. The molecule has 0 radical (unpaired) electrons. The van der Waals surface area contributed by atoms with Crippen LogP contribution in [0.3, 0.4) is 0 Å². The molecule has 1 N–H and O–H groups in total. The van der Waals surface area contributed by atoms with Gasteiger partial charge in [-0.05, 0) is 26.7 Å². The van der Waals surface area contributed by atoms with E-state index in [4.69, 9.17) is 9.47 Å². The molecule has 1 rings (SSSR count). The van der Waals surface area contributed by atoms with Gasteiger partial charge in [-0.15, -0.1) is 0 Å². The van der Waals surface area contributed by atoms with E-state index in [1.807, 2.05) is 13.8 Å². The quantitative estimate of drug-likeness (QED) is 0.738. The summed E-state index contributed by atoms with van der Waals surface area (Å²) in [6.07, 6.45) is 6.36. The smallest absolute Gasteiger partial charge is 0.106 e. The third kappa shape index (κ3) is 3.72. The van der Waals surface area contributed by atoms with Gasteiger partial charge in [0.1, 0.15) is 6.10 Å². The van der Waals surface area contributed by atoms with E-state index in [0.717, 1.165) is 25.7 Å². The molecule has 1 saturated carbocycles. The molecule has 96 valence electrons. The highest BCUT2D eigenvalue weighted by Gasteiger charge is 2.38. The summed E-state index contributed by atoms with van der Waals surface area (Å²) < 4.78 is 11.1. The lowest BCUT2D eigenvalue weighted by molar-refractivity contribution is -0.140. The van der Waals surface area contributed by atoms with Crippen molar-refractivity contribution in [2.75, 3.05) is 13.7 Å². The molecule has 1 aliphatic carbocycles. The van der Waals surface area contributed by atoms with Crippen molar-refractivity contribution in [3.63, 3.8) is 0 Å². The third-order valence-corrected chi connectivity index (χ3v) is 3.55. The Labute approximate surface area is 99.1 Å². The second-order valence-electron chi connectivity index (χ2n) is 5.08. The molecular weight excluding hydrogens is 204 g/mol. The number of aliphatic hydroxyl groups excluding tert-OH is 1. The number of ether oxygens (including phenoxy) is 2. The van der Waals surface area contributed by atoms with Crippen LogP contribution in [0.2, 0.25) is 0 Å². The van der Waals surface area contributed by atoms with E-state index in [9.17, 15) is 5.11 Å². The molecule has 1 unspecified atom stereocenters. The fourth-order valence-electron chi connectivity index (χ4n) is 2.44. The van der Waals surface area contributed by atoms with Crippen molar-refractivity contribution in [1.29, 1.82) is 0 Å². The molecule has 0 aromatic rings. The summed E-state index contributed by atoms with van der Waals surface area (Å²) in [7, 11) is 1.71. The van der Waals surface area contributed by atoms with Crippen molar-refractivity contribution in [2.24, 2.45) is 0 Å². The van der Waals surface area contributed by atoms with Crippen LogP contribution < -0.4 is 0 Å². The monoisotopic (exact) mass is 230 g/mol. The van der Waals surface area contributed by atoms with Gasteiger partial charge in [-0.1, -0.05) is 25.7 Å². The number of rotatable bonds is 5. The molecule has 0 aliphatic heterocycles. The summed E-state index contributed by atoms with van der Waals surface area (Å²) in [5.41, 5.74) is -0.370. The first kappa shape index (κ1) is 13.9. The highest BCUT2D eigenvalue weighted by atomic mass is 16.5. The Morgan fingerprint density at radius 2 is 1.69 bits per heavy atom. The van der Waals surface area contributed by atoms with E-state index in [1.165, 1.54) is 12.8 Å². The highest BCUT2D eigenvalue weighted by molar-refractivity contribution is 4.90. The summed E-state index contributed by atoms with van der Waals surface area (Å²) >= 11 is 0. The van der Waals surface area contributed by atoms with Gasteiger partial charge in [0.15, 0.2) is 0 Å². The van der Waals surface area contributed by atoms with E-state index < -0.39 is 6.10 Å².